The van der Waals surface area contributed by atoms with Gasteiger partial charge in [0.05, 0.1) is 16.6 Å². The summed E-state index contributed by atoms with van der Waals surface area (Å²) >= 11 is 0. The molecule has 0 saturated heterocycles. The molecule has 6 aromatic carbocycles. The number of benzene rings is 6. The molecular formula is C47H34N2. The second-order valence-corrected chi connectivity index (χ2v) is 13.4. The molecule has 2 heterocycles. The SMILES string of the molecule is CC1C=C=Cc2c1n(C1=CCCc3ccccc31)c1ccc3c(c4ccccc4n3-c3ccc(-c4ccc(-c5ccccc5)cc4)cc3)c21. The fraction of sp³-hybridized carbons (Fsp3) is 0.0851. The third-order valence-corrected chi connectivity index (χ3v) is 10.6. The average molecular weight is 627 g/mol. The number of aromatic nitrogens is 2. The Morgan fingerprint density at radius 2 is 1.20 bits per heavy atom. The van der Waals surface area contributed by atoms with Gasteiger partial charge in [0.25, 0.3) is 0 Å². The van der Waals surface area contributed by atoms with Gasteiger partial charge in [-0.05, 0) is 83.1 Å². The van der Waals surface area contributed by atoms with Crippen LogP contribution >= 0.6 is 0 Å². The number of hydrogen-bond acceptors (Lipinski definition) is 0. The van der Waals surface area contributed by atoms with Crippen LogP contribution in [-0.2, 0) is 6.42 Å². The van der Waals surface area contributed by atoms with Gasteiger partial charge in [0.2, 0.25) is 0 Å². The van der Waals surface area contributed by atoms with Crippen molar-refractivity contribution in [2.45, 2.75) is 25.7 Å². The zero-order valence-electron chi connectivity index (χ0n) is 27.4. The van der Waals surface area contributed by atoms with E-state index in [-0.39, 0.29) is 5.92 Å². The molecular weight excluding hydrogens is 593 g/mol. The van der Waals surface area contributed by atoms with Crippen molar-refractivity contribution in [2.24, 2.45) is 0 Å². The predicted molar refractivity (Wildman–Crippen MR) is 206 cm³/mol. The lowest BCUT2D eigenvalue weighted by atomic mass is 9.93. The van der Waals surface area contributed by atoms with Crippen LogP contribution < -0.4 is 0 Å². The lowest BCUT2D eigenvalue weighted by Crippen LogP contribution is -2.11. The first kappa shape index (κ1) is 28.0. The second kappa shape index (κ2) is 11.0. The van der Waals surface area contributed by atoms with Gasteiger partial charge in [-0.2, -0.15) is 0 Å². The lowest BCUT2D eigenvalue weighted by molar-refractivity contribution is 0.856. The minimum absolute atomic E-state index is 0.250. The predicted octanol–water partition coefficient (Wildman–Crippen LogP) is 12.2. The van der Waals surface area contributed by atoms with Gasteiger partial charge in [-0.25, -0.2) is 0 Å². The van der Waals surface area contributed by atoms with Crippen LogP contribution in [0.1, 0.15) is 41.6 Å². The highest BCUT2D eigenvalue weighted by atomic mass is 15.0. The largest absolute Gasteiger partial charge is 0.312 e. The molecule has 0 spiro atoms. The number of aryl methyl sites for hydroxylation is 1. The first-order valence-corrected chi connectivity index (χ1v) is 17.3. The highest BCUT2D eigenvalue weighted by Gasteiger charge is 2.28. The molecule has 2 nitrogen and oxygen atoms in total. The number of para-hydroxylation sites is 1. The molecule has 0 radical (unpaired) electrons. The van der Waals surface area contributed by atoms with Crippen LogP contribution in [0.25, 0.3) is 72.4 Å². The third-order valence-electron chi connectivity index (χ3n) is 10.6. The van der Waals surface area contributed by atoms with Crippen LogP contribution in [0.5, 0.6) is 0 Å². The summed E-state index contributed by atoms with van der Waals surface area (Å²) in [6.45, 7) is 2.31. The van der Waals surface area contributed by atoms with Gasteiger partial charge in [-0.3, -0.25) is 0 Å². The van der Waals surface area contributed by atoms with Gasteiger partial charge >= 0.3 is 0 Å². The summed E-state index contributed by atoms with van der Waals surface area (Å²) < 4.78 is 5.00. The van der Waals surface area contributed by atoms with Crippen LogP contribution in [0.3, 0.4) is 0 Å². The lowest BCUT2D eigenvalue weighted by Gasteiger charge is -2.23. The van der Waals surface area contributed by atoms with Crippen LogP contribution in [0, 0.1) is 0 Å². The van der Waals surface area contributed by atoms with E-state index in [1.54, 1.807) is 0 Å². The van der Waals surface area contributed by atoms with Gasteiger partial charge in [0.1, 0.15) is 0 Å². The zero-order chi connectivity index (χ0) is 32.5. The van der Waals surface area contributed by atoms with E-state index in [1.807, 2.05) is 0 Å². The van der Waals surface area contributed by atoms with Crippen molar-refractivity contribution in [2.75, 3.05) is 0 Å². The van der Waals surface area contributed by atoms with Gasteiger partial charge in [-0.15, -0.1) is 5.73 Å². The van der Waals surface area contributed by atoms with E-state index in [2.05, 4.69) is 180 Å². The van der Waals surface area contributed by atoms with Gasteiger partial charge in [0.15, 0.2) is 0 Å². The third kappa shape index (κ3) is 4.28. The molecule has 10 rings (SSSR count). The molecule has 2 aromatic heterocycles. The van der Waals surface area contributed by atoms with E-state index in [0.717, 1.165) is 18.5 Å². The maximum atomic E-state index is 3.51. The normalized spacial score (nSPS) is 15.1. The molecule has 0 N–H and O–H groups in total. The fourth-order valence-corrected chi connectivity index (χ4v) is 8.34. The van der Waals surface area contributed by atoms with E-state index < -0.39 is 0 Å². The molecule has 8 aromatic rings. The number of nitrogens with zero attached hydrogens (tertiary/aromatic N) is 2. The van der Waals surface area contributed by atoms with Crippen LogP contribution in [0.15, 0.2) is 157 Å². The molecule has 0 amide bonds. The first-order valence-electron chi connectivity index (χ1n) is 17.3. The van der Waals surface area contributed by atoms with E-state index in [0.29, 0.717) is 0 Å². The Kier molecular flexibility index (Phi) is 6.28. The summed E-state index contributed by atoms with van der Waals surface area (Å²) in [6, 6.07) is 51.0. The molecule has 2 aliphatic rings. The summed E-state index contributed by atoms with van der Waals surface area (Å²) in [5, 5.41) is 3.90. The molecule has 0 bridgehead atoms. The highest BCUT2D eigenvalue weighted by Crippen LogP contribution is 2.46. The molecule has 49 heavy (non-hydrogen) atoms. The first-order chi connectivity index (χ1) is 24.2. The monoisotopic (exact) mass is 626 g/mol. The average Bonchev–Trinajstić information content (AvgIpc) is 3.69. The van der Waals surface area contributed by atoms with E-state index in [9.17, 15) is 0 Å². The summed E-state index contributed by atoms with van der Waals surface area (Å²) in [7, 11) is 0. The summed E-state index contributed by atoms with van der Waals surface area (Å²) in [4.78, 5) is 0. The number of allylic oxidation sites excluding steroid dienone is 2. The highest BCUT2D eigenvalue weighted by molar-refractivity contribution is 6.24. The van der Waals surface area contributed by atoms with Crippen LogP contribution in [-0.4, -0.2) is 9.13 Å². The Morgan fingerprint density at radius 3 is 1.98 bits per heavy atom. The Hall–Kier alpha value is -6.08. The molecule has 0 fully saturated rings. The van der Waals surface area contributed by atoms with Crippen molar-refractivity contribution in [3.05, 3.63) is 180 Å². The minimum Gasteiger partial charge on any atom is -0.312 e. The van der Waals surface area contributed by atoms with Crippen molar-refractivity contribution in [3.63, 3.8) is 0 Å². The number of rotatable bonds is 4. The topological polar surface area (TPSA) is 9.86 Å². The van der Waals surface area contributed by atoms with Gasteiger partial charge < -0.3 is 9.13 Å². The molecule has 232 valence electrons. The minimum atomic E-state index is 0.250. The molecule has 1 unspecified atom stereocenters. The molecule has 2 aliphatic carbocycles. The molecule has 1 atom stereocenters. The van der Waals surface area contributed by atoms with Gasteiger partial charge in [0, 0.05) is 50.3 Å². The molecule has 2 heteroatoms. The van der Waals surface area contributed by atoms with Crippen molar-refractivity contribution in [3.8, 4) is 27.9 Å². The number of hydrogen-bond donors (Lipinski definition) is 0. The second-order valence-electron chi connectivity index (χ2n) is 13.4. The Balaban J connectivity index is 1.16. The quantitative estimate of drug-likeness (QED) is 0.172. The molecule has 0 aliphatic heterocycles. The zero-order valence-corrected chi connectivity index (χ0v) is 27.4. The maximum Gasteiger partial charge on any atom is 0.0548 e. The van der Waals surface area contributed by atoms with Crippen molar-refractivity contribution < 1.29 is 0 Å². The summed E-state index contributed by atoms with van der Waals surface area (Å²) in [5.74, 6) is 0.250. The van der Waals surface area contributed by atoms with Crippen molar-refractivity contribution in [1.82, 2.24) is 9.13 Å². The van der Waals surface area contributed by atoms with Gasteiger partial charge in [-0.1, -0.05) is 122 Å². The Morgan fingerprint density at radius 1 is 0.571 bits per heavy atom. The number of fused-ring (bicyclic) bond motifs is 8. The van der Waals surface area contributed by atoms with E-state index in [1.165, 1.54) is 83.0 Å². The van der Waals surface area contributed by atoms with E-state index >= 15 is 0 Å². The van der Waals surface area contributed by atoms with Crippen molar-refractivity contribution >= 4 is 44.5 Å². The van der Waals surface area contributed by atoms with Crippen LogP contribution in [0.4, 0.5) is 0 Å². The Bertz CT molecular complexity index is 2670. The Labute approximate surface area is 286 Å². The van der Waals surface area contributed by atoms with Crippen molar-refractivity contribution in [1.29, 1.82) is 0 Å². The van der Waals surface area contributed by atoms with Crippen LogP contribution in [0.2, 0.25) is 0 Å². The summed E-state index contributed by atoms with van der Waals surface area (Å²) in [5.41, 5.74) is 20.0. The van der Waals surface area contributed by atoms with E-state index in [4.69, 9.17) is 0 Å². The molecule has 0 saturated carbocycles. The maximum absolute atomic E-state index is 3.51. The fourth-order valence-electron chi connectivity index (χ4n) is 8.34. The summed E-state index contributed by atoms with van der Waals surface area (Å²) in [6.07, 6.45) is 9.01. The standard InChI is InChI=1S/C47H34N2/c1-31-11-9-18-40-46-44(49(47(31)40)41-20-10-15-36-14-5-6-16-38(36)41)30-29-43-45(46)39-17-7-8-19-42(39)48(43)37-27-25-35(26-28-37)34-23-21-33(22-24-34)32-12-3-2-4-13-32/h2-8,11-14,16-31H,10,15H2,1H3. The smallest absolute Gasteiger partial charge is 0.0548 e.